The molecule has 0 radical (unpaired) electrons. The van der Waals surface area contributed by atoms with E-state index in [-0.39, 0.29) is 36.2 Å². The van der Waals surface area contributed by atoms with Gasteiger partial charge in [0.05, 0.1) is 5.92 Å². The molecule has 2 saturated heterocycles. The number of hydrogen-bond donors (Lipinski definition) is 1. The highest BCUT2D eigenvalue weighted by Gasteiger charge is 2.41. The van der Waals surface area contributed by atoms with Gasteiger partial charge in [0.15, 0.2) is 0 Å². The quantitative estimate of drug-likeness (QED) is 0.849. The van der Waals surface area contributed by atoms with E-state index < -0.39 is 0 Å². The second-order valence-electron chi connectivity index (χ2n) is 7.44. The molecule has 6 heteroatoms. The van der Waals surface area contributed by atoms with Crippen LogP contribution < -0.4 is 5.73 Å². The van der Waals surface area contributed by atoms with E-state index in [0.29, 0.717) is 31.5 Å². The number of nitrogens with zero attached hydrogens (tertiary/aromatic N) is 2. The molecule has 3 rings (SSSR count). The normalized spacial score (nSPS) is 32.3. The molecule has 3 atom stereocenters. The Morgan fingerprint density at radius 1 is 1.26 bits per heavy atom. The highest BCUT2D eigenvalue weighted by atomic mass is 35.5. The Labute approximate surface area is 145 Å². The van der Waals surface area contributed by atoms with Crippen molar-refractivity contribution in [2.45, 2.75) is 64.0 Å². The van der Waals surface area contributed by atoms with Crippen molar-refractivity contribution in [3.8, 4) is 0 Å². The third-order valence-corrected chi connectivity index (χ3v) is 5.81. The van der Waals surface area contributed by atoms with Crippen LogP contribution in [0.4, 0.5) is 0 Å². The number of halogens is 1. The van der Waals surface area contributed by atoms with Gasteiger partial charge < -0.3 is 15.5 Å². The zero-order valence-corrected chi connectivity index (χ0v) is 14.9. The molecule has 132 valence electrons. The number of piperidine rings is 1. The van der Waals surface area contributed by atoms with E-state index in [1.54, 1.807) is 0 Å². The number of likely N-dealkylation sites (tertiary alicyclic amines) is 2. The van der Waals surface area contributed by atoms with Crippen LogP contribution in [-0.4, -0.2) is 53.3 Å². The fraction of sp³-hybridized carbons (Fsp3) is 0.882. The van der Waals surface area contributed by atoms with E-state index >= 15 is 0 Å². The number of hydrogen-bond acceptors (Lipinski definition) is 3. The summed E-state index contributed by atoms with van der Waals surface area (Å²) in [5, 5.41) is 0. The number of carbonyl (C=O) groups excluding carboxylic acids is 2. The molecular weight excluding hydrogens is 314 g/mol. The van der Waals surface area contributed by atoms with Gasteiger partial charge in [0.2, 0.25) is 11.8 Å². The van der Waals surface area contributed by atoms with Gasteiger partial charge in [-0.05, 0) is 31.6 Å². The van der Waals surface area contributed by atoms with Crippen molar-refractivity contribution in [1.29, 1.82) is 0 Å². The second-order valence-corrected chi connectivity index (χ2v) is 7.44. The minimum Gasteiger partial charge on any atom is -0.339 e. The van der Waals surface area contributed by atoms with Crippen molar-refractivity contribution in [3.63, 3.8) is 0 Å². The van der Waals surface area contributed by atoms with Crippen molar-refractivity contribution in [2.24, 2.45) is 17.6 Å². The first-order valence-corrected chi connectivity index (χ1v) is 8.90. The first-order valence-electron chi connectivity index (χ1n) is 8.90. The second kappa shape index (κ2) is 7.84. The number of carbonyl (C=O) groups is 2. The van der Waals surface area contributed by atoms with Crippen molar-refractivity contribution in [2.75, 3.05) is 19.6 Å². The molecule has 2 heterocycles. The zero-order valence-electron chi connectivity index (χ0n) is 14.1. The Morgan fingerprint density at radius 3 is 2.61 bits per heavy atom. The summed E-state index contributed by atoms with van der Waals surface area (Å²) < 4.78 is 0. The number of nitrogens with two attached hydrogens (primary N) is 1. The van der Waals surface area contributed by atoms with Crippen LogP contribution >= 0.6 is 12.4 Å². The molecule has 0 aromatic heterocycles. The van der Waals surface area contributed by atoms with Crippen LogP contribution in [0, 0.1) is 11.8 Å². The maximum atomic E-state index is 12.9. The lowest BCUT2D eigenvalue weighted by atomic mass is 9.91. The van der Waals surface area contributed by atoms with E-state index in [0.717, 1.165) is 32.2 Å². The van der Waals surface area contributed by atoms with Crippen LogP contribution in [0.2, 0.25) is 0 Å². The molecular formula is C17H30ClN3O2. The third kappa shape index (κ3) is 3.82. The van der Waals surface area contributed by atoms with Gasteiger partial charge in [-0.2, -0.15) is 0 Å². The standard InChI is InChI=1S/C17H29N3O2.ClH/c1-12-6-7-19(15(8-12)10-18)17(22)13-9-16(21)20(11-13)14-4-2-3-5-14;/h12-15H,2-11,18H2,1H3;1H. The Kier molecular flexibility index (Phi) is 6.32. The van der Waals surface area contributed by atoms with Gasteiger partial charge in [-0.25, -0.2) is 0 Å². The Balaban J connectivity index is 0.00000192. The lowest BCUT2D eigenvalue weighted by Crippen LogP contribution is -2.51. The van der Waals surface area contributed by atoms with Crippen LogP contribution in [-0.2, 0) is 9.59 Å². The molecule has 1 saturated carbocycles. The molecule has 2 N–H and O–H groups in total. The molecule has 1 aliphatic carbocycles. The van der Waals surface area contributed by atoms with Gasteiger partial charge in [0.25, 0.3) is 0 Å². The molecule has 0 aromatic carbocycles. The van der Waals surface area contributed by atoms with Crippen LogP contribution in [0.1, 0.15) is 51.9 Å². The molecule has 0 aromatic rings. The number of amides is 2. The SMILES string of the molecule is CC1CCN(C(=O)C2CC(=O)N(C3CCCC3)C2)C(CN)C1.Cl. The molecule has 3 unspecified atom stereocenters. The largest absolute Gasteiger partial charge is 0.339 e. The van der Waals surface area contributed by atoms with E-state index in [1.807, 2.05) is 9.80 Å². The molecule has 23 heavy (non-hydrogen) atoms. The lowest BCUT2D eigenvalue weighted by molar-refractivity contribution is -0.139. The fourth-order valence-corrected chi connectivity index (χ4v) is 4.47. The molecule has 0 spiro atoms. The van der Waals surface area contributed by atoms with Crippen molar-refractivity contribution in [1.82, 2.24) is 9.80 Å². The van der Waals surface area contributed by atoms with Crippen LogP contribution in [0.5, 0.6) is 0 Å². The lowest BCUT2D eigenvalue weighted by Gasteiger charge is -2.39. The van der Waals surface area contributed by atoms with Gasteiger partial charge >= 0.3 is 0 Å². The molecule has 2 amide bonds. The minimum absolute atomic E-state index is 0. The smallest absolute Gasteiger partial charge is 0.228 e. The van der Waals surface area contributed by atoms with Gasteiger partial charge in [-0.15, -0.1) is 12.4 Å². The van der Waals surface area contributed by atoms with Gasteiger partial charge in [0.1, 0.15) is 0 Å². The van der Waals surface area contributed by atoms with Crippen LogP contribution in [0.3, 0.4) is 0 Å². The zero-order chi connectivity index (χ0) is 15.7. The third-order valence-electron chi connectivity index (χ3n) is 5.81. The molecule has 3 fully saturated rings. The Bertz CT molecular complexity index is 440. The van der Waals surface area contributed by atoms with E-state index in [1.165, 1.54) is 12.8 Å². The van der Waals surface area contributed by atoms with Gasteiger partial charge in [-0.1, -0.05) is 19.8 Å². The molecule has 5 nitrogen and oxygen atoms in total. The monoisotopic (exact) mass is 343 g/mol. The summed E-state index contributed by atoms with van der Waals surface area (Å²) in [5.74, 6) is 0.837. The summed E-state index contributed by atoms with van der Waals surface area (Å²) in [6, 6.07) is 0.545. The number of rotatable bonds is 3. The topological polar surface area (TPSA) is 66.6 Å². The average Bonchev–Trinajstić information content (AvgIpc) is 3.15. The van der Waals surface area contributed by atoms with E-state index in [9.17, 15) is 9.59 Å². The Morgan fingerprint density at radius 2 is 1.96 bits per heavy atom. The average molecular weight is 344 g/mol. The van der Waals surface area contributed by atoms with Gasteiger partial charge in [0, 0.05) is 38.1 Å². The first-order chi connectivity index (χ1) is 10.6. The van der Waals surface area contributed by atoms with Crippen LogP contribution in [0.25, 0.3) is 0 Å². The maximum absolute atomic E-state index is 12.9. The van der Waals surface area contributed by atoms with Crippen molar-refractivity contribution in [3.05, 3.63) is 0 Å². The minimum atomic E-state index is -0.143. The first kappa shape index (κ1) is 18.5. The van der Waals surface area contributed by atoms with E-state index in [4.69, 9.17) is 5.73 Å². The summed E-state index contributed by atoms with van der Waals surface area (Å²) in [4.78, 5) is 29.1. The van der Waals surface area contributed by atoms with Gasteiger partial charge in [-0.3, -0.25) is 9.59 Å². The van der Waals surface area contributed by atoms with Crippen molar-refractivity contribution >= 4 is 24.2 Å². The van der Waals surface area contributed by atoms with Crippen LogP contribution in [0.15, 0.2) is 0 Å². The predicted octanol–water partition coefficient (Wildman–Crippen LogP) is 1.79. The predicted molar refractivity (Wildman–Crippen MR) is 92.3 cm³/mol. The highest BCUT2D eigenvalue weighted by Crippen LogP contribution is 2.31. The summed E-state index contributed by atoms with van der Waals surface area (Å²) in [7, 11) is 0. The molecule has 2 aliphatic heterocycles. The summed E-state index contributed by atoms with van der Waals surface area (Å²) in [6.07, 6.45) is 7.10. The van der Waals surface area contributed by atoms with E-state index in [2.05, 4.69) is 6.92 Å². The summed E-state index contributed by atoms with van der Waals surface area (Å²) in [6.45, 7) is 4.19. The summed E-state index contributed by atoms with van der Waals surface area (Å²) >= 11 is 0. The van der Waals surface area contributed by atoms with Crippen molar-refractivity contribution < 1.29 is 9.59 Å². The fourth-order valence-electron chi connectivity index (χ4n) is 4.47. The molecule has 0 bridgehead atoms. The highest BCUT2D eigenvalue weighted by molar-refractivity contribution is 5.89. The molecule has 3 aliphatic rings. The summed E-state index contributed by atoms with van der Waals surface area (Å²) in [5.41, 5.74) is 5.88. The Hall–Kier alpha value is -0.810. The maximum Gasteiger partial charge on any atom is 0.228 e.